The molecule has 29 heavy (non-hydrogen) atoms. The van der Waals surface area contributed by atoms with Crippen molar-refractivity contribution in [3.05, 3.63) is 29.2 Å². The minimum atomic E-state index is -1.06. The van der Waals surface area contributed by atoms with Crippen LogP contribution in [-0.2, 0) is 11.2 Å². The summed E-state index contributed by atoms with van der Waals surface area (Å²) >= 11 is 1.57. The third-order valence-electron chi connectivity index (χ3n) is 5.79. The lowest BCUT2D eigenvalue weighted by Gasteiger charge is -2.17. The van der Waals surface area contributed by atoms with Crippen molar-refractivity contribution < 1.29 is 14.9 Å². The van der Waals surface area contributed by atoms with Crippen LogP contribution in [0.3, 0.4) is 0 Å². The van der Waals surface area contributed by atoms with Gasteiger partial charge in [0.05, 0.1) is 17.4 Å². The number of rotatable bonds is 6. The number of hydrogen-bond acceptors (Lipinski definition) is 9. The van der Waals surface area contributed by atoms with E-state index in [4.69, 9.17) is 4.74 Å². The van der Waals surface area contributed by atoms with Gasteiger partial charge in [-0.15, -0.1) is 11.3 Å². The van der Waals surface area contributed by atoms with Crippen LogP contribution in [0.15, 0.2) is 24.2 Å². The van der Waals surface area contributed by atoms with Crippen molar-refractivity contribution in [3.63, 3.8) is 0 Å². The molecule has 0 spiro atoms. The molecule has 5 rings (SSSR count). The maximum atomic E-state index is 10.6. The molecular formula is C19H24N6O3S. The molecule has 1 saturated carbocycles. The molecule has 0 unspecified atom stereocenters. The first kappa shape index (κ1) is 18.9. The highest BCUT2D eigenvalue weighted by molar-refractivity contribution is 7.09. The van der Waals surface area contributed by atoms with E-state index < -0.39 is 24.5 Å². The van der Waals surface area contributed by atoms with Gasteiger partial charge >= 0.3 is 0 Å². The van der Waals surface area contributed by atoms with Crippen LogP contribution in [-0.4, -0.2) is 59.1 Å². The normalized spacial score (nSPS) is 27.8. The van der Waals surface area contributed by atoms with Crippen LogP contribution < -0.4 is 5.32 Å². The molecule has 3 aromatic rings. The third-order valence-corrected chi connectivity index (χ3v) is 6.63. The quantitative estimate of drug-likeness (QED) is 0.558. The van der Waals surface area contributed by atoms with Crippen molar-refractivity contribution in [2.45, 2.75) is 69.1 Å². The number of thiazole rings is 1. The number of fused-ring (bicyclic) bond motifs is 1. The summed E-state index contributed by atoms with van der Waals surface area (Å²) in [5, 5.41) is 27.5. The van der Waals surface area contributed by atoms with Crippen molar-refractivity contribution in [1.82, 2.24) is 24.5 Å². The summed E-state index contributed by atoms with van der Waals surface area (Å²) in [6.45, 7) is 0. The summed E-state index contributed by atoms with van der Waals surface area (Å²) in [6, 6.07) is 0.406. The molecule has 4 atom stereocenters. The van der Waals surface area contributed by atoms with E-state index >= 15 is 0 Å². The van der Waals surface area contributed by atoms with Gasteiger partial charge in [-0.2, -0.15) is 0 Å². The number of anilines is 1. The van der Waals surface area contributed by atoms with Gasteiger partial charge in [0.25, 0.3) is 0 Å². The summed E-state index contributed by atoms with van der Waals surface area (Å²) in [5.74, 6) is 0.703. The van der Waals surface area contributed by atoms with Crippen molar-refractivity contribution in [1.29, 1.82) is 0 Å². The van der Waals surface area contributed by atoms with E-state index in [1.54, 1.807) is 28.4 Å². The van der Waals surface area contributed by atoms with Gasteiger partial charge in [-0.05, 0) is 19.3 Å². The average molecular weight is 417 g/mol. The minimum absolute atomic E-state index is 0.406. The largest absolute Gasteiger partial charge is 0.388 e. The number of nitrogens with one attached hydrogen (secondary N) is 1. The van der Waals surface area contributed by atoms with Crippen LogP contribution in [0.25, 0.3) is 11.2 Å². The molecule has 2 aliphatic rings. The highest BCUT2D eigenvalue weighted by atomic mass is 32.1. The molecule has 2 fully saturated rings. The van der Waals surface area contributed by atoms with Crippen molar-refractivity contribution >= 4 is 28.3 Å². The lowest BCUT2D eigenvalue weighted by molar-refractivity contribution is -0.0367. The van der Waals surface area contributed by atoms with Crippen LogP contribution in [0.4, 0.5) is 5.82 Å². The second-order valence-corrected chi connectivity index (χ2v) is 8.66. The Morgan fingerprint density at radius 1 is 1.14 bits per heavy atom. The monoisotopic (exact) mass is 416 g/mol. The molecule has 10 heteroatoms. The van der Waals surface area contributed by atoms with Gasteiger partial charge in [0.2, 0.25) is 0 Å². The zero-order chi connectivity index (χ0) is 19.8. The van der Waals surface area contributed by atoms with Crippen LogP contribution in [0, 0.1) is 0 Å². The lowest BCUT2D eigenvalue weighted by Crippen LogP contribution is -2.31. The fourth-order valence-corrected chi connectivity index (χ4v) is 4.88. The van der Waals surface area contributed by atoms with Gasteiger partial charge in [-0.25, -0.2) is 19.9 Å². The fourth-order valence-electron chi connectivity index (χ4n) is 4.25. The molecule has 1 aliphatic carbocycles. The number of aryl methyl sites for hydroxylation is 1. The standard InChI is InChI=1S/C19H24N6O3S/c26-15-12(5-6-13-20-7-8-29-13)28-19(16(15)27)25-10-23-14-17(21-9-22-18(14)25)24-11-3-1-2-4-11/h7-12,15-16,19,26-27H,1-6H2,(H,21,22,24)/t12-,15-,16-,19-/m1/s1. The molecule has 1 aliphatic heterocycles. The molecule has 0 amide bonds. The highest BCUT2D eigenvalue weighted by Gasteiger charge is 2.44. The number of nitrogens with zero attached hydrogens (tertiary/aromatic N) is 5. The van der Waals surface area contributed by atoms with E-state index in [1.807, 2.05) is 5.38 Å². The van der Waals surface area contributed by atoms with Gasteiger partial charge in [-0.1, -0.05) is 12.8 Å². The van der Waals surface area contributed by atoms with Crippen molar-refractivity contribution in [2.75, 3.05) is 5.32 Å². The molecular weight excluding hydrogens is 392 g/mol. The molecule has 0 aromatic carbocycles. The Labute approximate surface area is 171 Å². The van der Waals surface area contributed by atoms with E-state index in [1.165, 1.54) is 19.2 Å². The fraction of sp³-hybridized carbons (Fsp3) is 0.579. The topological polar surface area (TPSA) is 118 Å². The predicted molar refractivity (Wildman–Crippen MR) is 108 cm³/mol. The van der Waals surface area contributed by atoms with Crippen molar-refractivity contribution in [2.24, 2.45) is 0 Å². The van der Waals surface area contributed by atoms with Crippen LogP contribution in [0.5, 0.6) is 0 Å². The Morgan fingerprint density at radius 2 is 2.00 bits per heavy atom. The molecule has 0 bridgehead atoms. The van der Waals surface area contributed by atoms with Gasteiger partial charge in [0.1, 0.15) is 18.5 Å². The Balaban J connectivity index is 1.35. The molecule has 4 heterocycles. The van der Waals surface area contributed by atoms with E-state index in [0.717, 1.165) is 17.8 Å². The third kappa shape index (κ3) is 3.61. The summed E-state index contributed by atoms with van der Waals surface area (Å²) in [4.78, 5) is 17.5. The van der Waals surface area contributed by atoms with Gasteiger partial charge in [0, 0.05) is 24.0 Å². The highest BCUT2D eigenvalue weighted by Crippen LogP contribution is 2.34. The zero-order valence-electron chi connectivity index (χ0n) is 15.9. The van der Waals surface area contributed by atoms with E-state index in [2.05, 4.69) is 25.3 Å². The lowest BCUT2D eigenvalue weighted by atomic mass is 10.1. The summed E-state index contributed by atoms with van der Waals surface area (Å²) in [6.07, 6.45) is 7.58. The Hall–Kier alpha value is -2.14. The number of ether oxygens (including phenoxy) is 1. The number of aromatic nitrogens is 5. The smallest absolute Gasteiger partial charge is 0.167 e. The number of aliphatic hydroxyl groups is 2. The average Bonchev–Trinajstić information content (AvgIpc) is 3.51. The number of imidazole rings is 1. The Kier molecular flexibility index (Phi) is 5.17. The SMILES string of the molecule is O[C@@H]1[C@H](O)[C@@H](CCc2nccs2)O[C@H]1n1cnc2c(NC3CCCC3)ncnc21. The first-order valence-corrected chi connectivity index (χ1v) is 10.9. The second-order valence-electron chi connectivity index (χ2n) is 7.68. The first-order valence-electron chi connectivity index (χ1n) is 10.0. The van der Waals surface area contributed by atoms with E-state index in [0.29, 0.717) is 35.9 Å². The Bertz CT molecular complexity index is 958. The maximum Gasteiger partial charge on any atom is 0.167 e. The van der Waals surface area contributed by atoms with Crippen LogP contribution >= 0.6 is 11.3 Å². The molecule has 1 saturated heterocycles. The summed E-state index contributed by atoms with van der Waals surface area (Å²) < 4.78 is 7.72. The van der Waals surface area contributed by atoms with Crippen LogP contribution in [0.2, 0.25) is 0 Å². The first-order chi connectivity index (χ1) is 14.2. The minimum Gasteiger partial charge on any atom is -0.388 e. The summed E-state index contributed by atoms with van der Waals surface area (Å²) in [5.41, 5.74) is 1.23. The number of hydrogen-bond donors (Lipinski definition) is 3. The zero-order valence-corrected chi connectivity index (χ0v) is 16.7. The van der Waals surface area contributed by atoms with Crippen molar-refractivity contribution in [3.8, 4) is 0 Å². The molecule has 3 aromatic heterocycles. The molecule has 9 nitrogen and oxygen atoms in total. The van der Waals surface area contributed by atoms with E-state index in [9.17, 15) is 10.2 Å². The molecule has 3 N–H and O–H groups in total. The molecule has 154 valence electrons. The van der Waals surface area contributed by atoms with Crippen LogP contribution in [0.1, 0.15) is 43.3 Å². The Morgan fingerprint density at radius 3 is 2.79 bits per heavy atom. The van der Waals surface area contributed by atoms with Gasteiger partial charge in [-0.3, -0.25) is 4.57 Å². The maximum absolute atomic E-state index is 10.6. The number of aliphatic hydroxyl groups excluding tert-OH is 2. The molecule has 0 radical (unpaired) electrons. The van der Waals surface area contributed by atoms with Gasteiger partial charge in [0.15, 0.2) is 23.2 Å². The second kappa shape index (κ2) is 7.94. The van der Waals surface area contributed by atoms with Gasteiger partial charge < -0.3 is 20.3 Å². The predicted octanol–water partition coefficient (Wildman–Crippen LogP) is 1.89. The van der Waals surface area contributed by atoms with E-state index in [-0.39, 0.29) is 0 Å². The summed E-state index contributed by atoms with van der Waals surface area (Å²) in [7, 11) is 0.